The number of carbonyl (C=O) groups excluding carboxylic acids is 1. The van der Waals surface area contributed by atoms with Crippen LogP contribution in [0.5, 0.6) is 17.2 Å². The summed E-state index contributed by atoms with van der Waals surface area (Å²) in [7, 11) is 4.56. The van der Waals surface area contributed by atoms with Crippen molar-refractivity contribution in [3.63, 3.8) is 0 Å². The molecule has 0 aromatic heterocycles. The van der Waals surface area contributed by atoms with Gasteiger partial charge in [0, 0.05) is 17.7 Å². The van der Waals surface area contributed by atoms with Gasteiger partial charge in [0.25, 0.3) is 0 Å². The highest BCUT2D eigenvalue weighted by atomic mass is 16.7. The van der Waals surface area contributed by atoms with Crippen LogP contribution in [0.2, 0.25) is 0 Å². The predicted octanol–water partition coefficient (Wildman–Crippen LogP) is 1.14. The van der Waals surface area contributed by atoms with Crippen LogP contribution in [0.15, 0.2) is 18.2 Å². The van der Waals surface area contributed by atoms with E-state index in [0.29, 0.717) is 22.8 Å². The molecule has 0 fully saturated rings. The van der Waals surface area contributed by atoms with E-state index in [0.717, 1.165) is 0 Å². The molecule has 0 bridgehead atoms. The van der Waals surface area contributed by atoms with Gasteiger partial charge in [0.15, 0.2) is 11.5 Å². The molecule has 0 aliphatic heterocycles. The van der Waals surface area contributed by atoms with E-state index in [1.54, 1.807) is 12.1 Å². The topological polar surface area (TPSA) is 80.0 Å². The van der Waals surface area contributed by atoms with Gasteiger partial charge in [-0.2, -0.15) is 5.90 Å². The Morgan fingerprint density at radius 2 is 1.61 bits per heavy atom. The summed E-state index contributed by atoms with van der Waals surface area (Å²) >= 11 is 0. The van der Waals surface area contributed by atoms with Gasteiger partial charge in [-0.15, -0.1) is 0 Å². The molecule has 0 radical (unpaired) electrons. The van der Waals surface area contributed by atoms with Gasteiger partial charge in [-0.25, -0.2) is 4.79 Å². The average molecular weight is 253 g/mol. The van der Waals surface area contributed by atoms with E-state index in [1.165, 1.54) is 33.5 Å². The lowest BCUT2D eigenvalue weighted by atomic mass is 10.1. The summed E-state index contributed by atoms with van der Waals surface area (Å²) in [4.78, 5) is 15.0. The highest BCUT2D eigenvalue weighted by Crippen LogP contribution is 2.35. The molecular weight excluding hydrogens is 238 g/mol. The molecule has 0 saturated carbocycles. The van der Waals surface area contributed by atoms with Crippen LogP contribution in [0.25, 0.3) is 6.08 Å². The van der Waals surface area contributed by atoms with Gasteiger partial charge in [-0.05, 0) is 12.1 Å². The van der Waals surface area contributed by atoms with E-state index in [9.17, 15) is 4.79 Å². The van der Waals surface area contributed by atoms with Crippen molar-refractivity contribution in [1.82, 2.24) is 0 Å². The Kier molecular flexibility index (Phi) is 5.01. The molecule has 18 heavy (non-hydrogen) atoms. The first-order valence-electron chi connectivity index (χ1n) is 5.05. The van der Waals surface area contributed by atoms with Crippen LogP contribution < -0.4 is 20.1 Å². The van der Waals surface area contributed by atoms with E-state index in [4.69, 9.17) is 20.1 Å². The van der Waals surface area contributed by atoms with Crippen molar-refractivity contribution >= 4 is 12.0 Å². The zero-order valence-corrected chi connectivity index (χ0v) is 10.4. The van der Waals surface area contributed by atoms with Crippen LogP contribution in [-0.4, -0.2) is 27.3 Å². The molecule has 6 heteroatoms. The third-order valence-corrected chi connectivity index (χ3v) is 2.25. The molecule has 1 rings (SSSR count). The zero-order valence-electron chi connectivity index (χ0n) is 10.4. The number of rotatable bonds is 5. The quantitative estimate of drug-likeness (QED) is 0.626. The maximum atomic E-state index is 10.9. The highest BCUT2D eigenvalue weighted by molar-refractivity contribution is 5.87. The molecule has 6 nitrogen and oxygen atoms in total. The average Bonchev–Trinajstić information content (AvgIpc) is 2.43. The molecule has 0 heterocycles. The maximum absolute atomic E-state index is 10.9. The van der Waals surface area contributed by atoms with Gasteiger partial charge in [0.1, 0.15) is 5.75 Å². The van der Waals surface area contributed by atoms with Crippen molar-refractivity contribution in [3.8, 4) is 17.2 Å². The first-order chi connectivity index (χ1) is 8.65. The fourth-order valence-corrected chi connectivity index (χ4v) is 1.38. The van der Waals surface area contributed by atoms with Crippen LogP contribution in [0.3, 0.4) is 0 Å². The molecule has 0 aliphatic rings. The lowest BCUT2D eigenvalue weighted by Crippen LogP contribution is -2.05. The second-order valence-electron chi connectivity index (χ2n) is 3.22. The smallest absolute Gasteiger partial charge is 0.349 e. The molecule has 0 aliphatic carbocycles. The van der Waals surface area contributed by atoms with E-state index in [1.807, 2.05) is 0 Å². The van der Waals surface area contributed by atoms with Gasteiger partial charge in [-0.1, -0.05) is 0 Å². The monoisotopic (exact) mass is 253 g/mol. The summed E-state index contributed by atoms with van der Waals surface area (Å²) in [6.07, 6.45) is 2.69. The number of carbonyl (C=O) groups is 1. The van der Waals surface area contributed by atoms with Gasteiger partial charge < -0.3 is 19.0 Å². The van der Waals surface area contributed by atoms with E-state index >= 15 is 0 Å². The zero-order chi connectivity index (χ0) is 13.5. The molecule has 0 saturated heterocycles. The van der Waals surface area contributed by atoms with Gasteiger partial charge in [0.05, 0.1) is 21.3 Å². The largest absolute Gasteiger partial charge is 0.496 e. The third kappa shape index (κ3) is 3.14. The third-order valence-electron chi connectivity index (χ3n) is 2.25. The Morgan fingerprint density at radius 1 is 1.06 bits per heavy atom. The van der Waals surface area contributed by atoms with E-state index in [2.05, 4.69) is 4.84 Å². The Morgan fingerprint density at radius 3 is 2.11 bits per heavy atom. The minimum atomic E-state index is -0.660. The molecule has 0 amide bonds. The lowest BCUT2D eigenvalue weighted by Gasteiger charge is -2.11. The molecule has 1 aromatic carbocycles. The number of hydrogen-bond acceptors (Lipinski definition) is 6. The van der Waals surface area contributed by atoms with Crippen LogP contribution >= 0.6 is 0 Å². The Bertz CT molecular complexity index is 456. The fraction of sp³-hybridized carbons (Fsp3) is 0.250. The molecule has 0 unspecified atom stereocenters. The predicted molar refractivity (Wildman–Crippen MR) is 65.4 cm³/mol. The summed E-state index contributed by atoms with van der Waals surface area (Å²) < 4.78 is 15.5. The molecular formula is C12H15NO5. The Balaban J connectivity index is 3.17. The van der Waals surface area contributed by atoms with Gasteiger partial charge in [0.2, 0.25) is 0 Å². The van der Waals surface area contributed by atoms with Crippen molar-refractivity contribution in [2.24, 2.45) is 5.90 Å². The summed E-state index contributed by atoms with van der Waals surface area (Å²) in [5.41, 5.74) is 0.639. The lowest BCUT2D eigenvalue weighted by molar-refractivity contribution is -0.138. The number of methoxy groups -OCH3 is 3. The summed E-state index contributed by atoms with van der Waals surface area (Å²) in [5, 5.41) is 0. The number of nitrogens with two attached hydrogens (primary N) is 1. The van der Waals surface area contributed by atoms with Crippen molar-refractivity contribution in [1.29, 1.82) is 0 Å². The van der Waals surface area contributed by atoms with Gasteiger partial charge >= 0.3 is 5.97 Å². The normalized spacial score (nSPS) is 10.2. The summed E-state index contributed by atoms with van der Waals surface area (Å²) in [6, 6.07) is 3.34. The van der Waals surface area contributed by atoms with E-state index < -0.39 is 5.97 Å². The fourth-order valence-electron chi connectivity index (χ4n) is 1.38. The maximum Gasteiger partial charge on any atom is 0.349 e. The number of benzene rings is 1. The molecule has 0 atom stereocenters. The number of ether oxygens (including phenoxy) is 3. The van der Waals surface area contributed by atoms with E-state index in [-0.39, 0.29) is 0 Å². The van der Waals surface area contributed by atoms with Crippen molar-refractivity contribution in [2.75, 3.05) is 21.3 Å². The molecule has 98 valence electrons. The van der Waals surface area contributed by atoms with Crippen LogP contribution in [0, 0.1) is 0 Å². The second-order valence-corrected chi connectivity index (χ2v) is 3.22. The van der Waals surface area contributed by atoms with Crippen LogP contribution in [0.4, 0.5) is 0 Å². The highest BCUT2D eigenvalue weighted by Gasteiger charge is 2.10. The van der Waals surface area contributed by atoms with Crippen molar-refractivity contribution < 1.29 is 23.8 Å². The summed E-state index contributed by atoms with van der Waals surface area (Å²) in [5.74, 6) is 5.67. The summed E-state index contributed by atoms with van der Waals surface area (Å²) in [6.45, 7) is 0. The van der Waals surface area contributed by atoms with Crippen molar-refractivity contribution in [2.45, 2.75) is 0 Å². The minimum Gasteiger partial charge on any atom is -0.496 e. The molecule has 1 aromatic rings. The standard InChI is InChI=1S/C12H15NO5/c1-15-9-7-11(17-3)10(16-2)6-8(9)4-5-12(14)18-13/h4-7H,13H2,1-3H3/b5-4+. The SMILES string of the molecule is COc1cc(OC)c(OC)cc1/C=C/C(=O)ON. The number of hydrogen-bond donors (Lipinski definition) is 1. The minimum absolute atomic E-state index is 0.527. The second kappa shape index (κ2) is 6.51. The molecule has 2 N–H and O–H groups in total. The van der Waals surface area contributed by atoms with Gasteiger partial charge in [-0.3, -0.25) is 0 Å². The Labute approximate surface area is 105 Å². The Hall–Kier alpha value is -2.21. The first-order valence-corrected chi connectivity index (χ1v) is 5.05. The van der Waals surface area contributed by atoms with Crippen LogP contribution in [0.1, 0.15) is 5.56 Å². The first kappa shape index (κ1) is 13.9. The van der Waals surface area contributed by atoms with Crippen LogP contribution in [-0.2, 0) is 9.63 Å². The van der Waals surface area contributed by atoms with Crippen molar-refractivity contribution in [3.05, 3.63) is 23.8 Å². The molecule has 0 spiro atoms.